The van der Waals surface area contributed by atoms with E-state index in [1.165, 1.54) is 24.4 Å². The third kappa shape index (κ3) is 5.69. The number of benzene rings is 1. The Balaban J connectivity index is 1.61. The van der Waals surface area contributed by atoms with Gasteiger partial charge in [-0.2, -0.15) is 5.10 Å². The molecule has 174 valence electrons. The van der Waals surface area contributed by atoms with Gasteiger partial charge in [0, 0.05) is 24.2 Å². The monoisotopic (exact) mass is 456 g/mol. The van der Waals surface area contributed by atoms with Crippen molar-refractivity contribution in [2.75, 3.05) is 11.9 Å². The summed E-state index contributed by atoms with van der Waals surface area (Å²) in [5, 5.41) is 21.8. The van der Waals surface area contributed by atoms with Crippen molar-refractivity contribution in [3.8, 4) is 0 Å². The summed E-state index contributed by atoms with van der Waals surface area (Å²) in [6.45, 7) is 3.99. The lowest BCUT2D eigenvalue weighted by Gasteiger charge is -2.06. The second kappa shape index (κ2) is 10.6. The van der Waals surface area contributed by atoms with Crippen molar-refractivity contribution in [2.24, 2.45) is 10.2 Å². The number of nitrogens with one attached hydrogen (secondary N) is 4. The van der Waals surface area contributed by atoms with Crippen molar-refractivity contribution in [3.05, 3.63) is 52.1 Å². The second-order valence-electron chi connectivity index (χ2n) is 7.60. The number of carbonyl (C=O) groups excluding carboxylic acids is 3. The number of fused-ring (bicyclic) bond motifs is 1. The number of anilines is 1. The maximum atomic E-state index is 13.5. The van der Waals surface area contributed by atoms with Gasteiger partial charge in [-0.1, -0.05) is 6.42 Å². The molecule has 5 N–H and O–H groups in total. The molecule has 0 unspecified atom stereocenters. The molecule has 1 aromatic carbocycles. The van der Waals surface area contributed by atoms with Crippen LogP contribution in [0.3, 0.4) is 0 Å². The average molecular weight is 456 g/mol. The van der Waals surface area contributed by atoms with Gasteiger partial charge in [-0.3, -0.25) is 19.6 Å². The van der Waals surface area contributed by atoms with Crippen molar-refractivity contribution >= 4 is 35.3 Å². The lowest BCUT2D eigenvalue weighted by Crippen LogP contribution is -2.25. The number of hydrogen-bond acceptors (Lipinski definition) is 6. The first-order valence-corrected chi connectivity index (χ1v) is 10.4. The highest BCUT2D eigenvalue weighted by atomic mass is 19.1. The van der Waals surface area contributed by atoms with Gasteiger partial charge >= 0.3 is 0 Å². The molecule has 0 saturated heterocycles. The van der Waals surface area contributed by atoms with Crippen LogP contribution in [0.5, 0.6) is 0 Å². The van der Waals surface area contributed by atoms with E-state index in [1.807, 2.05) is 0 Å². The fourth-order valence-corrected chi connectivity index (χ4v) is 3.55. The van der Waals surface area contributed by atoms with E-state index >= 15 is 0 Å². The quantitative estimate of drug-likeness (QED) is 0.170. The lowest BCUT2D eigenvalue weighted by molar-refractivity contribution is -0.129. The van der Waals surface area contributed by atoms with E-state index in [0.717, 1.165) is 6.42 Å². The summed E-state index contributed by atoms with van der Waals surface area (Å²) >= 11 is 0. The van der Waals surface area contributed by atoms with Gasteiger partial charge < -0.3 is 15.6 Å². The minimum absolute atomic E-state index is 0.0103. The molecular weight excluding hydrogens is 431 g/mol. The zero-order valence-corrected chi connectivity index (χ0v) is 18.3. The highest BCUT2D eigenvalue weighted by Gasteiger charge is 2.26. The first-order chi connectivity index (χ1) is 15.8. The van der Waals surface area contributed by atoms with E-state index < -0.39 is 17.6 Å². The summed E-state index contributed by atoms with van der Waals surface area (Å²) in [4.78, 5) is 38.7. The second-order valence-corrected chi connectivity index (χ2v) is 7.60. The van der Waals surface area contributed by atoms with Gasteiger partial charge in [0.25, 0.3) is 11.8 Å². The van der Waals surface area contributed by atoms with Crippen molar-refractivity contribution < 1.29 is 24.0 Å². The van der Waals surface area contributed by atoms with E-state index in [1.54, 1.807) is 19.3 Å². The number of aromatic amines is 1. The minimum Gasteiger partial charge on any atom is -0.357 e. The number of unbranched alkanes of at least 4 members (excludes halogenated alkanes) is 2. The van der Waals surface area contributed by atoms with Crippen LogP contribution in [0.4, 0.5) is 10.1 Å². The van der Waals surface area contributed by atoms with Crippen LogP contribution >= 0.6 is 0 Å². The molecule has 1 aliphatic heterocycles. The SMILES string of the molecule is Cc1[nH]c(C=NN=C2C(=O)Nc3ccc(F)cc32)c(C)c1C(=O)NCCCCCC(=O)NO. The molecule has 1 aliphatic rings. The molecule has 3 rings (SSSR count). The van der Waals surface area contributed by atoms with Gasteiger partial charge in [-0.25, -0.2) is 9.87 Å². The molecule has 0 atom stereocenters. The largest absolute Gasteiger partial charge is 0.357 e. The third-order valence-corrected chi connectivity index (χ3v) is 5.24. The Morgan fingerprint density at radius 3 is 2.76 bits per heavy atom. The van der Waals surface area contributed by atoms with Crippen LogP contribution in [-0.2, 0) is 9.59 Å². The number of carbonyl (C=O) groups is 3. The van der Waals surface area contributed by atoms with Crippen LogP contribution in [-0.4, -0.2) is 46.4 Å². The molecule has 0 spiro atoms. The van der Waals surface area contributed by atoms with E-state index in [2.05, 4.69) is 25.8 Å². The molecule has 0 fully saturated rings. The molecule has 2 aromatic rings. The smallest absolute Gasteiger partial charge is 0.276 e. The van der Waals surface area contributed by atoms with Crippen LogP contribution in [0.1, 0.15) is 58.6 Å². The third-order valence-electron chi connectivity index (χ3n) is 5.24. The average Bonchev–Trinajstić information content (AvgIpc) is 3.24. The van der Waals surface area contributed by atoms with Crippen molar-refractivity contribution in [1.82, 2.24) is 15.8 Å². The van der Waals surface area contributed by atoms with Crippen LogP contribution in [0, 0.1) is 19.7 Å². The topological polar surface area (TPSA) is 148 Å². The van der Waals surface area contributed by atoms with Crippen LogP contribution in [0.15, 0.2) is 28.4 Å². The van der Waals surface area contributed by atoms with E-state index in [9.17, 15) is 18.8 Å². The molecule has 0 aliphatic carbocycles. The number of H-pyrrole nitrogens is 1. The van der Waals surface area contributed by atoms with Gasteiger partial charge in [0.1, 0.15) is 5.82 Å². The summed E-state index contributed by atoms with van der Waals surface area (Å²) in [6.07, 6.45) is 3.68. The zero-order chi connectivity index (χ0) is 24.0. The number of amides is 3. The van der Waals surface area contributed by atoms with Gasteiger partial charge in [-0.15, -0.1) is 5.10 Å². The summed E-state index contributed by atoms with van der Waals surface area (Å²) in [5.41, 5.74) is 4.80. The molecular formula is C22H25FN6O4. The number of hydrogen-bond donors (Lipinski definition) is 5. The first-order valence-electron chi connectivity index (χ1n) is 10.4. The number of nitrogens with zero attached hydrogens (tertiary/aromatic N) is 2. The summed E-state index contributed by atoms with van der Waals surface area (Å²) in [6, 6.07) is 3.93. The Morgan fingerprint density at radius 2 is 2.00 bits per heavy atom. The standard InChI is InChI=1S/C22H25FN6O4/c1-12-17(11-25-28-20-15-10-14(23)7-8-16(15)27-22(20)32)26-13(2)19(12)21(31)24-9-5-3-4-6-18(30)29-33/h7-8,10-11,26,33H,3-6,9H2,1-2H3,(H,24,31)(H,29,30)(H,27,28,32). The molecule has 33 heavy (non-hydrogen) atoms. The van der Waals surface area contributed by atoms with E-state index in [-0.39, 0.29) is 18.0 Å². The summed E-state index contributed by atoms with van der Waals surface area (Å²) < 4.78 is 13.5. The van der Waals surface area contributed by atoms with Crippen molar-refractivity contribution in [3.63, 3.8) is 0 Å². The number of aromatic nitrogens is 1. The van der Waals surface area contributed by atoms with Gasteiger partial charge in [0.2, 0.25) is 5.91 Å². The van der Waals surface area contributed by atoms with Crippen molar-refractivity contribution in [1.29, 1.82) is 0 Å². The number of hydroxylamine groups is 1. The Bertz CT molecular complexity index is 1140. The Labute approximate surface area is 189 Å². The predicted octanol–water partition coefficient (Wildman–Crippen LogP) is 2.34. The number of rotatable bonds is 9. The molecule has 0 saturated carbocycles. The molecule has 1 aromatic heterocycles. The number of aryl methyl sites for hydroxylation is 1. The molecule has 10 nitrogen and oxygen atoms in total. The van der Waals surface area contributed by atoms with Crippen molar-refractivity contribution in [2.45, 2.75) is 39.5 Å². The van der Waals surface area contributed by atoms with Gasteiger partial charge in [0.15, 0.2) is 5.71 Å². The predicted molar refractivity (Wildman–Crippen MR) is 120 cm³/mol. The minimum atomic E-state index is -0.482. The van der Waals surface area contributed by atoms with Crippen LogP contribution in [0.25, 0.3) is 0 Å². The maximum absolute atomic E-state index is 13.5. The molecule has 0 radical (unpaired) electrons. The van der Waals surface area contributed by atoms with Gasteiger partial charge in [0.05, 0.1) is 23.2 Å². The van der Waals surface area contributed by atoms with E-state index in [4.69, 9.17) is 5.21 Å². The molecule has 0 bridgehead atoms. The highest BCUT2D eigenvalue weighted by molar-refractivity contribution is 6.53. The van der Waals surface area contributed by atoms with Crippen LogP contribution < -0.4 is 16.1 Å². The van der Waals surface area contributed by atoms with E-state index in [0.29, 0.717) is 53.2 Å². The Hall–Kier alpha value is -3.86. The summed E-state index contributed by atoms with van der Waals surface area (Å²) in [5.74, 6) is -1.62. The van der Waals surface area contributed by atoms with Gasteiger partial charge in [-0.05, 0) is 50.5 Å². The fraction of sp³-hybridized carbons (Fsp3) is 0.318. The normalized spacial score (nSPS) is 13.9. The van der Waals surface area contributed by atoms with Crippen LogP contribution in [0.2, 0.25) is 0 Å². The first kappa shape index (κ1) is 23.8. The lowest BCUT2D eigenvalue weighted by atomic mass is 10.1. The summed E-state index contributed by atoms with van der Waals surface area (Å²) in [7, 11) is 0. The molecule has 2 heterocycles. The Morgan fingerprint density at radius 1 is 1.21 bits per heavy atom. The zero-order valence-electron chi connectivity index (χ0n) is 18.3. The number of halogens is 1. The molecule has 3 amide bonds. The highest BCUT2D eigenvalue weighted by Crippen LogP contribution is 2.24. The maximum Gasteiger partial charge on any atom is 0.276 e. The molecule has 11 heteroatoms. The fourth-order valence-electron chi connectivity index (χ4n) is 3.55. The Kier molecular flexibility index (Phi) is 7.67.